The van der Waals surface area contributed by atoms with E-state index in [1.54, 1.807) is 6.07 Å². The predicted octanol–water partition coefficient (Wildman–Crippen LogP) is 2.71. The molecule has 1 saturated heterocycles. The topological polar surface area (TPSA) is 53.9 Å². The Labute approximate surface area is 154 Å². The highest BCUT2D eigenvalue weighted by molar-refractivity contribution is 5.80. The van der Waals surface area contributed by atoms with Crippen LogP contribution in [0.15, 0.2) is 29.3 Å². The molecule has 0 amide bonds. The molecular formula is C20H28FN3O2. The molecule has 26 heavy (non-hydrogen) atoms. The van der Waals surface area contributed by atoms with Crippen molar-refractivity contribution in [1.29, 1.82) is 0 Å². The maximum Gasteiger partial charge on any atom is 0.308 e. The molecule has 6 heteroatoms. The van der Waals surface area contributed by atoms with Crippen molar-refractivity contribution in [3.05, 3.63) is 35.6 Å². The number of hydrogen-bond donors (Lipinski definition) is 1. The van der Waals surface area contributed by atoms with Crippen LogP contribution in [0.5, 0.6) is 0 Å². The fourth-order valence-corrected chi connectivity index (χ4v) is 3.70. The summed E-state index contributed by atoms with van der Waals surface area (Å²) in [5, 5.41) is 3.34. The maximum atomic E-state index is 14.2. The van der Waals surface area contributed by atoms with Gasteiger partial charge in [-0.2, -0.15) is 0 Å². The summed E-state index contributed by atoms with van der Waals surface area (Å²) in [5.74, 6) is 0.581. The molecule has 2 fully saturated rings. The Balaban J connectivity index is 1.67. The number of halogens is 1. The van der Waals surface area contributed by atoms with Crippen molar-refractivity contribution in [3.8, 4) is 0 Å². The zero-order valence-corrected chi connectivity index (χ0v) is 15.6. The average molecular weight is 361 g/mol. The van der Waals surface area contributed by atoms with Crippen LogP contribution in [-0.4, -0.2) is 50.1 Å². The van der Waals surface area contributed by atoms with Gasteiger partial charge in [0.05, 0.1) is 19.6 Å². The number of rotatable bonds is 5. The van der Waals surface area contributed by atoms with Crippen molar-refractivity contribution in [2.24, 2.45) is 10.9 Å². The first-order valence-corrected chi connectivity index (χ1v) is 9.46. The summed E-state index contributed by atoms with van der Waals surface area (Å²) in [5.41, 5.74) is 0.625. The van der Waals surface area contributed by atoms with Gasteiger partial charge in [0, 0.05) is 25.0 Å². The number of nitrogens with one attached hydrogen (secondary N) is 1. The normalized spacial score (nSPS) is 20.0. The standard InChI is InChI=1S/C20H28FN3O2/c1-3-22-19(24-12-8-15(9-13-24)18(25)26-2)23-14-20(10-11-20)16-6-4-5-7-17(16)21/h4-7,15H,3,8-14H2,1-2H3,(H,22,23). The summed E-state index contributed by atoms with van der Waals surface area (Å²) in [4.78, 5) is 18.7. The summed E-state index contributed by atoms with van der Waals surface area (Å²) in [6.45, 7) is 4.97. The number of methoxy groups -OCH3 is 1. The van der Waals surface area contributed by atoms with Crippen molar-refractivity contribution in [2.75, 3.05) is 33.3 Å². The van der Waals surface area contributed by atoms with Gasteiger partial charge in [0.15, 0.2) is 5.96 Å². The Kier molecular flexibility index (Phi) is 5.79. The van der Waals surface area contributed by atoms with Crippen LogP contribution in [0.4, 0.5) is 4.39 Å². The van der Waals surface area contributed by atoms with Gasteiger partial charge in [-0.1, -0.05) is 18.2 Å². The molecule has 2 aliphatic rings. The van der Waals surface area contributed by atoms with Gasteiger partial charge in [-0.3, -0.25) is 9.79 Å². The fourth-order valence-electron chi connectivity index (χ4n) is 3.70. The van der Waals surface area contributed by atoms with Crippen LogP contribution in [0, 0.1) is 11.7 Å². The summed E-state index contributed by atoms with van der Waals surface area (Å²) in [6, 6.07) is 7.03. The molecule has 1 N–H and O–H groups in total. The third kappa shape index (κ3) is 4.00. The second-order valence-electron chi connectivity index (χ2n) is 7.21. The first kappa shape index (κ1) is 18.7. The van der Waals surface area contributed by atoms with E-state index in [0.717, 1.165) is 56.8 Å². The highest BCUT2D eigenvalue weighted by Crippen LogP contribution is 2.49. The number of ether oxygens (including phenoxy) is 1. The van der Waals surface area contributed by atoms with Crippen LogP contribution in [0.3, 0.4) is 0 Å². The highest BCUT2D eigenvalue weighted by atomic mass is 19.1. The smallest absolute Gasteiger partial charge is 0.308 e. The highest BCUT2D eigenvalue weighted by Gasteiger charge is 2.46. The van der Waals surface area contributed by atoms with Gasteiger partial charge in [0.1, 0.15) is 5.82 Å². The predicted molar refractivity (Wildman–Crippen MR) is 99.6 cm³/mol. The van der Waals surface area contributed by atoms with Crippen LogP contribution >= 0.6 is 0 Å². The lowest BCUT2D eigenvalue weighted by molar-refractivity contribution is -0.146. The molecule has 1 aromatic carbocycles. The van der Waals surface area contributed by atoms with E-state index in [0.29, 0.717) is 6.54 Å². The molecule has 0 spiro atoms. The number of esters is 1. The lowest BCUT2D eigenvalue weighted by Gasteiger charge is -2.33. The zero-order chi connectivity index (χ0) is 18.6. The van der Waals surface area contributed by atoms with Crippen molar-refractivity contribution in [3.63, 3.8) is 0 Å². The quantitative estimate of drug-likeness (QED) is 0.498. The van der Waals surface area contributed by atoms with Gasteiger partial charge in [0.25, 0.3) is 0 Å². The molecule has 1 aliphatic carbocycles. The van der Waals surface area contributed by atoms with E-state index in [1.807, 2.05) is 19.1 Å². The van der Waals surface area contributed by atoms with Gasteiger partial charge in [0.2, 0.25) is 0 Å². The Hall–Kier alpha value is -2.11. The minimum atomic E-state index is -0.156. The van der Waals surface area contributed by atoms with Crippen LogP contribution in [-0.2, 0) is 14.9 Å². The van der Waals surface area contributed by atoms with E-state index in [9.17, 15) is 9.18 Å². The summed E-state index contributed by atoms with van der Waals surface area (Å²) in [7, 11) is 1.44. The fraction of sp³-hybridized carbons (Fsp3) is 0.600. The molecular weight excluding hydrogens is 333 g/mol. The monoisotopic (exact) mass is 361 g/mol. The summed E-state index contributed by atoms with van der Waals surface area (Å²) >= 11 is 0. The van der Waals surface area contributed by atoms with Gasteiger partial charge in [-0.15, -0.1) is 0 Å². The summed E-state index contributed by atoms with van der Waals surface area (Å²) < 4.78 is 19.0. The molecule has 1 heterocycles. The molecule has 0 unspecified atom stereocenters. The number of benzene rings is 1. The minimum absolute atomic E-state index is 0.0210. The van der Waals surface area contributed by atoms with Crippen LogP contribution in [0.1, 0.15) is 38.2 Å². The second kappa shape index (κ2) is 8.06. The molecule has 1 aromatic rings. The van der Waals surface area contributed by atoms with Gasteiger partial charge < -0.3 is 15.0 Å². The first-order valence-electron chi connectivity index (χ1n) is 9.46. The SMILES string of the molecule is CCNC(=NCC1(c2ccccc2F)CC1)N1CCC(C(=O)OC)CC1. The lowest BCUT2D eigenvalue weighted by Crippen LogP contribution is -2.47. The van der Waals surface area contributed by atoms with E-state index < -0.39 is 0 Å². The Bertz CT molecular complexity index is 665. The molecule has 1 saturated carbocycles. The van der Waals surface area contributed by atoms with E-state index in [-0.39, 0.29) is 23.1 Å². The first-order chi connectivity index (χ1) is 12.6. The van der Waals surface area contributed by atoms with Crippen LogP contribution < -0.4 is 5.32 Å². The lowest BCUT2D eigenvalue weighted by atomic mass is 9.95. The number of hydrogen-bond acceptors (Lipinski definition) is 3. The maximum absolute atomic E-state index is 14.2. The Morgan fingerprint density at radius 2 is 2.04 bits per heavy atom. The molecule has 0 radical (unpaired) electrons. The van der Waals surface area contributed by atoms with Crippen LogP contribution in [0.25, 0.3) is 0 Å². The van der Waals surface area contributed by atoms with Crippen LogP contribution in [0.2, 0.25) is 0 Å². The number of carbonyl (C=O) groups excluding carboxylic acids is 1. The van der Waals surface area contributed by atoms with Gasteiger partial charge in [-0.05, 0) is 44.2 Å². The third-order valence-corrected chi connectivity index (χ3v) is 5.49. The number of likely N-dealkylation sites (tertiary alicyclic amines) is 1. The zero-order valence-electron chi connectivity index (χ0n) is 15.6. The minimum Gasteiger partial charge on any atom is -0.469 e. The van der Waals surface area contributed by atoms with E-state index in [4.69, 9.17) is 9.73 Å². The van der Waals surface area contributed by atoms with Crippen molar-refractivity contribution in [2.45, 2.75) is 38.0 Å². The number of piperidine rings is 1. The van der Waals surface area contributed by atoms with Gasteiger partial charge >= 0.3 is 5.97 Å². The molecule has 0 atom stereocenters. The number of aliphatic imine (C=N–C) groups is 1. The molecule has 5 nitrogen and oxygen atoms in total. The number of nitrogens with zero attached hydrogens (tertiary/aromatic N) is 2. The van der Waals surface area contributed by atoms with Gasteiger partial charge in [-0.25, -0.2) is 4.39 Å². The average Bonchev–Trinajstić information content (AvgIpc) is 3.46. The molecule has 0 aromatic heterocycles. The Morgan fingerprint density at radius 1 is 1.35 bits per heavy atom. The number of guanidine groups is 1. The van der Waals surface area contributed by atoms with Crippen molar-refractivity contribution >= 4 is 11.9 Å². The third-order valence-electron chi connectivity index (χ3n) is 5.49. The van der Waals surface area contributed by atoms with Crippen molar-refractivity contribution < 1.29 is 13.9 Å². The van der Waals surface area contributed by atoms with E-state index in [1.165, 1.54) is 13.2 Å². The van der Waals surface area contributed by atoms with E-state index >= 15 is 0 Å². The Morgan fingerprint density at radius 3 is 2.62 bits per heavy atom. The van der Waals surface area contributed by atoms with Crippen molar-refractivity contribution in [1.82, 2.24) is 10.2 Å². The largest absolute Gasteiger partial charge is 0.469 e. The molecule has 3 rings (SSSR count). The number of carbonyl (C=O) groups is 1. The van der Waals surface area contributed by atoms with E-state index in [2.05, 4.69) is 10.2 Å². The molecule has 142 valence electrons. The summed E-state index contributed by atoms with van der Waals surface area (Å²) in [6.07, 6.45) is 3.49. The second-order valence-corrected chi connectivity index (χ2v) is 7.21. The molecule has 0 bridgehead atoms. The molecule has 1 aliphatic heterocycles.